The van der Waals surface area contributed by atoms with Crippen molar-refractivity contribution in [2.24, 2.45) is 12.8 Å². The molecular weight excluding hydrogens is 256 g/mol. The molecule has 1 aromatic heterocycles. The molecule has 0 radical (unpaired) electrons. The molecule has 1 unspecified atom stereocenters. The minimum atomic E-state index is 0.162. The fraction of sp³-hybridized carbons (Fsp3) is 0.273. The summed E-state index contributed by atoms with van der Waals surface area (Å²) in [4.78, 5) is 0. The van der Waals surface area contributed by atoms with Crippen molar-refractivity contribution in [2.45, 2.75) is 10.4 Å². The smallest absolute Gasteiger partial charge is 0.191 e. The maximum atomic E-state index is 5.86. The van der Waals surface area contributed by atoms with Crippen LogP contribution < -0.4 is 5.73 Å². The van der Waals surface area contributed by atoms with E-state index in [1.165, 1.54) is 0 Å². The predicted octanol–water partition coefficient (Wildman–Crippen LogP) is 2.26. The van der Waals surface area contributed by atoms with Gasteiger partial charge in [-0.15, -0.1) is 10.2 Å². The lowest BCUT2D eigenvalue weighted by molar-refractivity contribution is 0.781. The van der Waals surface area contributed by atoms with Crippen LogP contribution in [0.15, 0.2) is 35.7 Å². The van der Waals surface area contributed by atoms with Gasteiger partial charge in [0.1, 0.15) is 6.33 Å². The van der Waals surface area contributed by atoms with Gasteiger partial charge in [0.2, 0.25) is 0 Å². The summed E-state index contributed by atoms with van der Waals surface area (Å²) in [5, 5.41) is 9.64. The zero-order valence-corrected chi connectivity index (χ0v) is 10.9. The molecule has 1 atom stereocenters. The van der Waals surface area contributed by atoms with Crippen LogP contribution in [0.5, 0.6) is 0 Å². The average molecular weight is 269 g/mol. The van der Waals surface area contributed by atoms with Crippen molar-refractivity contribution in [1.82, 2.24) is 14.8 Å². The van der Waals surface area contributed by atoms with Crippen LogP contribution in [0.3, 0.4) is 0 Å². The van der Waals surface area contributed by atoms with Crippen molar-refractivity contribution in [2.75, 3.05) is 6.54 Å². The second-order valence-corrected chi connectivity index (χ2v) is 5.22. The third-order valence-electron chi connectivity index (χ3n) is 2.37. The summed E-state index contributed by atoms with van der Waals surface area (Å²) in [6.07, 6.45) is 1.68. The number of hydrogen-bond donors (Lipinski definition) is 1. The molecule has 1 aromatic carbocycles. The van der Waals surface area contributed by atoms with Crippen LogP contribution in [0.1, 0.15) is 10.8 Å². The second kappa shape index (κ2) is 5.53. The number of nitrogens with two attached hydrogens (primary N) is 1. The molecule has 0 aliphatic rings. The Morgan fingerprint density at radius 1 is 1.41 bits per heavy atom. The van der Waals surface area contributed by atoms with Crippen LogP contribution in [0.25, 0.3) is 0 Å². The van der Waals surface area contributed by atoms with E-state index in [0.29, 0.717) is 6.54 Å². The van der Waals surface area contributed by atoms with E-state index in [4.69, 9.17) is 17.3 Å². The Labute approximate surface area is 109 Å². The molecule has 0 saturated heterocycles. The number of thioether (sulfide) groups is 1. The van der Waals surface area contributed by atoms with Gasteiger partial charge in [-0.25, -0.2) is 0 Å². The van der Waals surface area contributed by atoms with E-state index < -0.39 is 0 Å². The van der Waals surface area contributed by atoms with Gasteiger partial charge < -0.3 is 10.3 Å². The first-order valence-electron chi connectivity index (χ1n) is 5.17. The number of aryl methyl sites for hydroxylation is 1. The largest absolute Gasteiger partial charge is 0.329 e. The van der Waals surface area contributed by atoms with E-state index in [2.05, 4.69) is 10.2 Å². The Morgan fingerprint density at radius 3 is 2.65 bits per heavy atom. The Kier molecular flexibility index (Phi) is 4.04. The van der Waals surface area contributed by atoms with Gasteiger partial charge in [0.05, 0.1) is 0 Å². The van der Waals surface area contributed by atoms with Gasteiger partial charge in [0.15, 0.2) is 5.16 Å². The van der Waals surface area contributed by atoms with Crippen LogP contribution >= 0.6 is 23.4 Å². The highest BCUT2D eigenvalue weighted by Gasteiger charge is 2.14. The molecule has 0 aliphatic carbocycles. The van der Waals surface area contributed by atoms with Crippen LogP contribution in [0.4, 0.5) is 0 Å². The molecule has 6 heteroatoms. The van der Waals surface area contributed by atoms with Gasteiger partial charge >= 0.3 is 0 Å². The van der Waals surface area contributed by atoms with E-state index >= 15 is 0 Å². The maximum Gasteiger partial charge on any atom is 0.191 e. The number of halogens is 1. The lowest BCUT2D eigenvalue weighted by atomic mass is 10.1. The molecule has 1 heterocycles. The number of rotatable bonds is 4. The summed E-state index contributed by atoms with van der Waals surface area (Å²) in [6, 6.07) is 7.72. The van der Waals surface area contributed by atoms with Crippen molar-refractivity contribution in [1.29, 1.82) is 0 Å². The van der Waals surface area contributed by atoms with Crippen molar-refractivity contribution in [3.8, 4) is 0 Å². The van der Waals surface area contributed by atoms with Gasteiger partial charge in [-0.2, -0.15) is 0 Å². The minimum Gasteiger partial charge on any atom is -0.329 e. The molecule has 2 N–H and O–H groups in total. The van der Waals surface area contributed by atoms with Crippen molar-refractivity contribution in [3.05, 3.63) is 41.2 Å². The molecule has 0 spiro atoms. The lowest BCUT2D eigenvalue weighted by Gasteiger charge is -2.13. The lowest BCUT2D eigenvalue weighted by Crippen LogP contribution is -2.10. The molecule has 0 amide bonds. The summed E-state index contributed by atoms with van der Waals surface area (Å²) in [6.45, 7) is 0.541. The highest BCUT2D eigenvalue weighted by atomic mass is 35.5. The first-order chi connectivity index (χ1) is 8.20. The molecule has 0 saturated carbocycles. The second-order valence-electron chi connectivity index (χ2n) is 3.62. The minimum absolute atomic E-state index is 0.162. The molecule has 4 nitrogen and oxygen atoms in total. The Balaban J connectivity index is 2.17. The number of nitrogens with zero attached hydrogens (tertiary/aromatic N) is 3. The van der Waals surface area contributed by atoms with E-state index in [9.17, 15) is 0 Å². The van der Waals surface area contributed by atoms with Gasteiger partial charge in [0, 0.05) is 23.9 Å². The average Bonchev–Trinajstić information content (AvgIpc) is 2.73. The van der Waals surface area contributed by atoms with Gasteiger partial charge in [-0.05, 0) is 17.7 Å². The number of hydrogen-bond acceptors (Lipinski definition) is 4. The van der Waals surface area contributed by atoms with Crippen LogP contribution in [0.2, 0.25) is 5.02 Å². The number of benzene rings is 1. The molecule has 17 heavy (non-hydrogen) atoms. The standard InChI is InChI=1S/C11H13ClN4S/c1-16-7-14-15-11(16)17-10(6-13)8-2-4-9(12)5-3-8/h2-5,7,10H,6,13H2,1H3. The summed E-state index contributed by atoms with van der Waals surface area (Å²) < 4.78 is 1.88. The monoisotopic (exact) mass is 268 g/mol. The maximum absolute atomic E-state index is 5.86. The fourth-order valence-corrected chi connectivity index (χ4v) is 2.51. The Bertz CT molecular complexity index is 482. The Morgan fingerprint density at radius 2 is 2.12 bits per heavy atom. The normalized spacial score (nSPS) is 12.6. The quantitative estimate of drug-likeness (QED) is 0.865. The molecule has 0 aliphatic heterocycles. The van der Waals surface area contributed by atoms with Crippen LogP contribution in [0, 0.1) is 0 Å². The molecule has 0 fully saturated rings. The van der Waals surface area contributed by atoms with Gasteiger partial charge in [-0.1, -0.05) is 35.5 Å². The molecule has 0 bridgehead atoms. The SMILES string of the molecule is Cn1cnnc1SC(CN)c1ccc(Cl)cc1. The van der Waals surface area contributed by atoms with Gasteiger partial charge in [-0.3, -0.25) is 0 Å². The van der Waals surface area contributed by atoms with Crippen molar-refractivity contribution in [3.63, 3.8) is 0 Å². The first-order valence-corrected chi connectivity index (χ1v) is 6.42. The van der Waals surface area contributed by atoms with E-state index in [1.54, 1.807) is 18.1 Å². The highest BCUT2D eigenvalue weighted by molar-refractivity contribution is 7.99. The highest BCUT2D eigenvalue weighted by Crippen LogP contribution is 2.33. The summed E-state index contributed by atoms with van der Waals surface area (Å²) in [5.41, 5.74) is 6.94. The van der Waals surface area contributed by atoms with E-state index in [0.717, 1.165) is 15.7 Å². The first kappa shape index (κ1) is 12.4. The van der Waals surface area contributed by atoms with Crippen LogP contribution in [-0.4, -0.2) is 21.3 Å². The van der Waals surface area contributed by atoms with Crippen molar-refractivity contribution < 1.29 is 0 Å². The summed E-state index contributed by atoms with van der Waals surface area (Å²) >= 11 is 7.47. The zero-order chi connectivity index (χ0) is 12.3. The molecular formula is C11H13ClN4S. The summed E-state index contributed by atoms with van der Waals surface area (Å²) in [7, 11) is 1.91. The third kappa shape index (κ3) is 3.00. The predicted molar refractivity (Wildman–Crippen MR) is 70.1 cm³/mol. The van der Waals surface area contributed by atoms with Gasteiger partial charge in [0.25, 0.3) is 0 Å². The van der Waals surface area contributed by atoms with E-state index in [1.807, 2.05) is 35.9 Å². The third-order valence-corrected chi connectivity index (χ3v) is 3.95. The van der Waals surface area contributed by atoms with E-state index in [-0.39, 0.29) is 5.25 Å². The molecule has 2 rings (SSSR count). The zero-order valence-electron chi connectivity index (χ0n) is 9.38. The van der Waals surface area contributed by atoms with Crippen LogP contribution in [-0.2, 0) is 7.05 Å². The molecule has 90 valence electrons. The number of aromatic nitrogens is 3. The molecule has 2 aromatic rings. The van der Waals surface area contributed by atoms with Crippen molar-refractivity contribution >= 4 is 23.4 Å². The fourth-order valence-electron chi connectivity index (χ4n) is 1.44. The summed E-state index contributed by atoms with van der Waals surface area (Å²) in [5.74, 6) is 0. The topological polar surface area (TPSA) is 56.7 Å². The Hall–Kier alpha value is -1.04.